The van der Waals surface area contributed by atoms with Gasteiger partial charge in [-0.25, -0.2) is 0 Å². The van der Waals surface area contributed by atoms with Gasteiger partial charge in [0.25, 0.3) is 0 Å². The third-order valence-corrected chi connectivity index (χ3v) is 10.1. The molecule has 0 aliphatic carbocycles. The van der Waals surface area contributed by atoms with Crippen LogP contribution in [0.15, 0.2) is 54.6 Å². The molecule has 0 amide bonds. The lowest BCUT2D eigenvalue weighted by Crippen LogP contribution is -2.41. The lowest BCUT2D eigenvalue weighted by molar-refractivity contribution is 0.269. The van der Waals surface area contributed by atoms with Gasteiger partial charge in [0, 0.05) is 12.5 Å². The van der Waals surface area contributed by atoms with Crippen LogP contribution in [0.1, 0.15) is 65.4 Å². The summed E-state index contributed by atoms with van der Waals surface area (Å²) in [5, 5.41) is 0.263. The summed E-state index contributed by atoms with van der Waals surface area (Å²) in [6.07, 6.45) is 16.7. The van der Waals surface area contributed by atoms with Gasteiger partial charge >= 0.3 is 0 Å². The van der Waals surface area contributed by atoms with Crippen LogP contribution in [0.2, 0.25) is 18.1 Å². The summed E-state index contributed by atoms with van der Waals surface area (Å²) < 4.78 is 6.49. The van der Waals surface area contributed by atoms with Gasteiger partial charge in [0.2, 0.25) is 0 Å². The molecule has 0 heterocycles. The average Bonchev–Trinajstić information content (AvgIpc) is 2.62. The summed E-state index contributed by atoms with van der Waals surface area (Å²) in [7, 11) is -1.70. The van der Waals surface area contributed by atoms with Crippen LogP contribution in [-0.2, 0) is 10.8 Å². The zero-order valence-corrected chi connectivity index (χ0v) is 19.6. The monoisotopic (exact) mass is 386 g/mol. The lowest BCUT2D eigenvalue weighted by atomic mass is 10.1. The SMILES string of the molecule is CCCCC/C=C\[C@H](/C=C/CCc1ccccc1)CO[Si](C)(C)C(C)(C)C. The average molecular weight is 387 g/mol. The highest BCUT2D eigenvalue weighted by molar-refractivity contribution is 6.74. The van der Waals surface area contributed by atoms with Crippen molar-refractivity contribution in [3.8, 4) is 0 Å². The molecule has 0 spiro atoms. The second-order valence-electron chi connectivity index (χ2n) is 9.11. The molecule has 0 radical (unpaired) electrons. The van der Waals surface area contributed by atoms with Crippen LogP contribution < -0.4 is 0 Å². The first-order valence-electron chi connectivity index (χ1n) is 10.8. The van der Waals surface area contributed by atoms with E-state index in [2.05, 4.69) is 95.4 Å². The van der Waals surface area contributed by atoms with Crippen LogP contribution in [0.5, 0.6) is 0 Å². The van der Waals surface area contributed by atoms with Crippen LogP contribution in [0, 0.1) is 5.92 Å². The zero-order chi connectivity index (χ0) is 20.2. The molecule has 0 fully saturated rings. The van der Waals surface area contributed by atoms with Crippen molar-refractivity contribution in [2.45, 2.75) is 84.4 Å². The van der Waals surface area contributed by atoms with E-state index in [0.717, 1.165) is 19.4 Å². The van der Waals surface area contributed by atoms with Crippen LogP contribution in [0.4, 0.5) is 0 Å². The van der Waals surface area contributed by atoms with Crippen molar-refractivity contribution in [1.82, 2.24) is 0 Å². The summed E-state index contributed by atoms with van der Waals surface area (Å²) in [6.45, 7) is 14.7. The first-order valence-corrected chi connectivity index (χ1v) is 13.7. The topological polar surface area (TPSA) is 9.23 Å². The minimum atomic E-state index is -1.70. The van der Waals surface area contributed by atoms with Gasteiger partial charge in [-0.3, -0.25) is 0 Å². The Kier molecular flexibility index (Phi) is 10.9. The molecule has 1 rings (SSSR count). The van der Waals surface area contributed by atoms with E-state index >= 15 is 0 Å². The zero-order valence-electron chi connectivity index (χ0n) is 18.6. The maximum absolute atomic E-state index is 6.49. The highest BCUT2D eigenvalue weighted by Gasteiger charge is 2.37. The van der Waals surface area contributed by atoms with Crippen LogP contribution in [0.25, 0.3) is 0 Å². The van der Waals surface area contributed by atoms with Crippen molar-refractivity contribution in [1.29, 1.82) is 0 Å². The Balaban J connectivity index is 2.59. The smallest absolute Gasteiger partial charge is 0.192 e. The maximum atomic E-state index is 6.49. The van der Waals surface area contributed by atoms with E-state index < -0.39 is 8.32 Å². The fraction of sp³-hybridized carbons (Fsp3) is 0.600. The first-order chi connectivity index (χ1) is 12.8. The summed E-state index contributed by atoms with van der Waals surface area (Å²) in [5.74, 6) is 0.386. The van der Waals surface area contributed by atoms with Gasteiger partial charge in [-0.05, 0) is 49.4 Å². The summed E-state index contributed by atoms with van der Waals surface area (Å²) >= 11 is 0. The van der Waals surface area contributed by atoms with Crippen molar-refractivity contribution in [3.63, 3.8) is 0 Å². The molecule has 0 bridgehead atoms. The number of rotatable bonds is 12. The van der Waals surface area contributed by atoms with E-state index in [0.29, 0.717) is 5.92 Å². The number of hydrogen-bond donors (Lipinski definition) is 0. The lowest BCUT2D eigenvalue weighted by Gasteiger charge is -2.36. The summed E-state index contributed by atoms with van der Waals surface area (Å²) in [6, 6.07) is 10.7. The normalized spacial score (nSPS) is 14.3. The molecule has 152 valence electrons. The molecular weight excluding hydrogens is 344 g/mol. The molecule has 1 atom stereocenters. The van der Waals surface area contributed by atoms with E-state index in [1.165, 1.54) is 31.2 Å². The minimum Gasteiger partial charge on any atom is -0.416 e. The van der Waals surface area contributed by atoms with Gasteiger partial charge in [-0.1, -0.05) is 95.2 Å². The van der Waals surface area contributed by atoms with Crippen molar-refractivity contribution < 1.29 is 4.43 Å². The second kappa shape index (κ2) is 12.4. The highest BCUT2D eigenvalue weighted by Crippen LogP contribution is 2.36. The highest BCUT2D eigenvalue weighted by atomic mass is 28.4. The summed E-state index contributed by atoms with van der Waals surface area (Å²) in [5.41, 5.74) is 1.41. The van der Waals surface area contributed by atoms with Crippen LogP contribution >= 0.6 is 0 Å². The fourth-order valence-corrected chi connectivity index (χ4v) is 3.69. The molecule has 0 aliphatic rings. The Morgan fingerprint density at radius 2 is 1.59 bits per heavy atom. The predicted octanol–water partition coefficient (Wildman–Crippen LogP) is 7.95. The van der Waals surface area contributed by atoms with Crippen molar-refractivity contribution >= 4 is 8.32 Å². The van der Waals surface area contributed by atoms with Crippen LogP contribution in [-0.4, -0.2) is 14.9 Å². The Labute approximate surface area is 170 Å². The first kappa shape index (κ1) is 23.9. The summed E-state index contributed by atoms with van der Waals surface area (Å²) in [4.78, 5) is 0. The Hall–Kier alpha value is -1.12. The molecule has 0 saturated carbocycles. The van der Waals surface area contributed by atoms with E-state index in [9.17, 15) is 0 Å². The van der Waals surface area contributed by atoms with Gasteiger partial charge in [-0.15, -0.1) is 0 Å². The maximum Gasteiger partial charge on any atom is 0.192 e. The molecule has 1 aromatic carbocycles. The third kappa shape index (κ3) is 10.1. The van der Waals surface area contributed by atoms with E-state index in [1.54, 1.807) is 0 Å². The van der Waals surface area contributed by atoms with Crippen LogP contribution in [0.3, 0.4) is 0 Å². The van der Waals surface area contributed by atoms with Gasteiger partial charge in [0.1, 0.15) is 0 Å². The van der Waals surface area contributed by atoms with Gasteiger partial charge in [-0.2, -0.15) is 0 Å². The molecule has 0 aromatic heterocycles. The van der Waals surface area contributed by atoms with E-state index in [4.69, 9.17) is 4.43 Å². The van der Waals surface area contributed by atoms with Gasteiger partial charge in [0.05, 0.1) is 0 Å². The standard InChI is InChI=1S/C25H42OSi/c1-7-8-9-10-12-20-24(22-26-27(5,6)25(2,3)4)21-16-15-19-23-17-13-11-14-18-23/h11-14,16-18,20-21,24H,7-10,15,19,22H2,1-6H3/b20-12-,21-16+/t24-/m1/s1. The molecule has 0 saturated heterocycles. The molecule has 0 unspecified atom stereocenters. The Bertz CT molecular complexity index is 551. The Morgan fingerprint density at radius 1 is 0.963 bits per heavy atom. The minimum absolute atomic E-state index is 0.263. The van der Waals surface area contributed by atoms with E-state index in [1.807, 2.05) is 0 Å². The second-order valence-corrected chi connectivity index (χ2v) is 13.9. The predicted molar refractivity (Wildman–Crippen MR) is 124 cm³/mol. The largest absolute Gasteiger partial charge is 0.416 e. The number of allylic oxidation sites excluding steroid dienone is 2. The number of aryl methyl sites for hydroxylation is 1. The van der Waals surface area contributed by atoms with Crippen molar-refractivity contribution in [3.05, 3.63) is 60.2 Å². The fourth-order valence-electron chi connectivity index (χ4n) is 2.65. The molecule has 27 heavy (non-hydrogen) atoms. The number of unbranched alkanes of at least 4 members (excludes halogenated alkanes) is 3. The molecule has 0 aliphatic heterocycles. The molecule has 1 nitrogen and oxygen atoms in total. The Morgan fingerprint density at radius 3 is 2.19 bits per heavy atom. The number of benzene rings is 1. The third-order valence-electron chi connectivity index (χ3n) is 5.63. The molecular formula is C25H42OSi. The molecule has 1 aromatic rings. The molecule has 0 N–H and O–H groups in total. The van der Waals surface area contributed by atoms with E-state index in [-0.39, 0.29) is 5.04 Å². The number of hydrogen-bond acceptors (Lipinski definition) is 1. The van der Waals surface area contributed by atoms with Gasteiger partial charge in [0.15, 0.2) is 8.32 Å². The van der Waals surface area contributed by atoms with Gasteiger partial charge < -0.3 is 4.43 Å². The van der Waals surface area contributed by atoms with Crippen molar-refractivity contribution in [2.75, 3.05) is 6.61 Å². The quantitative estimate of drug-likeness (QED) is 0.201. The van der Waals surface area contributed by atoms with Crippen molar-refractivity contribution in [2.24, 2.45) is 5.92 Å². The molecule has 2 heteroatoms.